The lowest BCUT2D eigenvalue weighted by atomic mass is 10.2. The van der Waals surface area contributed by atoms with E-state index in [0.29, 0.717) is 6.04 Å². The molecular weight excluding hydrogens is 378 g/mol. The van der Waals surface area contributed by atoms with Crippen molar-refractivity contribution in [2.75, 3.05) is 43.9 Å². The highest BCUT2D eigenvalue weighted by atomic mass is 16.5. The number of hydrogen-bond acceptors (Lipinski definition) is 6. The first-order valence-electron chi connectivity index (χ1n) is 10.0. The van der Waals surface area contributed by atoms with Crippen molar-refractivity contribution in [1.29, 1.82) is 0 Å². The number of aromatic nitrogens is 1. The fourth-order valence-electron chi connectivity index (χ4n) is 3.35. The summed E-state index contributed by atoms with van der Waals surface area (Å²) in [7, 11) is 4.09. The van der Waals surface area contributed by atoms with E-state index in [1.165, 1.54) is 17.3 Å². The Morgan fingerprint density at radius 1 is 1.20 bits per heavy atom. The third kappa shape index (κ3) is 6.43. The molecule has 0 spiro atoms. The minimum atomic E-state index is -0.567. The summed E-state index contributed by atoms with van der Waals surface area (Å²) in [5, 5.41) is 12.0. The minimum absolute atomic E-state index is 0.367. The molecule has 0 radical (unpaired) electrons. The average Bonchev–Trinajstić information content (AvgIpc) is 3.20. The first kappa shape index (κ1) is 21.5. The number of anilines is 2. The molecule has 0 unspecified atom stereocenters. The second-order valence-electron chi connectivity index (χ2n) is 7.56. The van der Waals surface area contributed by atoms with Crippen LogP contribution in [0.2, 0.25) is 0 Å². The van der Waals surface area contributed by atoms with Crippen molar-refractivity contribution in [2.45, 2.75) is 12.5 Å². The molecule has 1 aromatic carbocycles. The van der Waals surface area contributed by atoms with E-state index in [1.807, 2.05) is 26.2 Å². The van der Waals surface area contributed by atoms with Crippen molar-refractivity contribution >= 4 is 29.6 Å². The number of rotatable bonds is 8. The highest BCUT2D eigenvalue weighted by Crippen LogP contribution is 2.16. The maximum atomic E-state index is 11.0. The summed E-state index contributed by atoms with van der Waals surface area (Å²) in [5.41, 5.74) is 4.77. The predicted molar refractivity (Wildman–Crippen MR) is 121 cm³/mol. The summed E-state index contributed by atoms with van der Waals surface area (Å²) in [5.74, 6) is 0.255. The monoisotopic (exact) mass is 407 g/mol. The number of carbonyl (C=O) groups excluding carboxylic acids is 1. The van der Waals surface area contributed by atoms with Crippen molar-refractivity contribution in [3.8, 4) is 0 Å². The summed E-state index contributed by atoms with van der Waals surface area (Å²) < 4.78 is 0. The molecule has 1 aliphatic heterocycles. The first-order chi connectivity index (χ1) is 14.5. The van der Waals surface area contributed by atoms with Crippen LogP contribution < -0.4 is 15.7 Å². The molecule has 1 amide bonds. The molecule has 1 saturated heterocycles. The molecule has 1 fully saturated rings. The van der Waals surface area contributed by atoms with E-state index in [-0.39, 0.29) is 0 Å². The number of nitrogens with zero attached hydrogens (tertiary/aromatic N) is 3. The van der Waals surface area contributed by atoms with Crippen LogP contribution in [0.3, 0.4) is 0 Å². The van der Waals surface area contributed by atoms with Gasteiger partial charge >= 0.3 is 0 Å². The quantitative estimate of drug-likeness (QED) is 0.355. The van der Waals surface area contributed by atoms with Crippen LogP contribution in [0.15, 0.2) is 54.7 Å². The van der Waals surface area contributed by atoms with Gasteiger partial charge in [-0.15, -0.1) is 0 Å². The molecule has 1 aromatic heterocycles. The zero-order chi connectivity index (χ0) is 21.3. The van der Waals surface area contributed by atoms with Crippen LogP contribution in [0.25, 0.3) is 12.2 Å². The maximum absolute atomic E-state index is 11.0. The Hall–Kier alpha value is -3.16. The minimum Gasteiger partial charge on any atom is -0.378 e. The van der Waals surface area contributed by atoms with Crippen LogP contribution >= 0.6 is 0 Å². The zero-order valence-electron chi connectivity index (χ0n) is 17.5. The van der Waals surface area contributed by atoms with Gasteiger partial charge in [-0.25, -0.2) is 10.5 Å². The van der Waals surface area contributed by atoms with Gasteiger partial charge in [0.25, 0.3) is 5.91 Å². The Bertz CT molecular complexity index is 875. The van der Waals surface area contributed by atoms with Crippen molar-refractivity contribution in [3.05, 3.63) is 65.9 Å². The van der Waals surface area contributed by atoms with Gasteiger partial charge in [0.05, 0.1) is 0 Å². The number of pyridine rings is 1. The number of hydroxylamine groups is 1. The van der Waals surface area contributed by atoms with Crippen LogP contribution in [-0.4, -0.2) is 60.8 Å². The summed E-state index contributed by atoms with van der Waals surface area (Å²) in [6, 6.07) is 12.7. The number of hydrogen-bond donors (Lipinski definition) is 3. The second-order valence-corrected chi connectivity index (χ2v) is 7.56. The van der Waals surface area contributed by atoms with Gasteiger partial charge < -0.3 is 10.2 Å². The summed E-state index contributed by atoms with van der Waals surface area (Å²) in [6.07, 6.45) is 10.0. The average molecular weight is 408 g/mol. The highest BCUT2D eigenvalue weighted by Gasteiger charge is 2.21. The molecule has 3 rings (SSSR count). The first-order valence-corrected chi connectivity index (χ1v) is 10.0. The molecule has 1 atom stereocenters. The topological polar surface area (TPSA) is 80.7 Å². The summed E-state index contributed by atoms with van der Waals surface area (Å²) in [4.78, 5) is 19.9. The van der Waals surface area contributed by atoms with E-state index >= 15 is 0 Å². The largest absolute Gasteiger partial charge is 0.378 e. The highest BCUT2D eigenvalue weighted by molar-refractivity contribution is 5.90. The maximum Gasteiger partial charge on any atom is 0.267 e. The normalized spacial score (nSPS) is 17.0. The molecule has 158 valence electrons. The third-order valence-electron chi connectivity index (χ3n) is 5.03. The molecule has 3 N–H and O–H groups in total. The van der Waals surface area contributed by atoms with Gasteiger partial charge in [-0.1, -0.05) is 24.3 Å². The van der Waals surface area contributed by atoms with E-state index in [0.717, 1.165) is 37.4 Å². The van der Waals surface area contributed by atoms with E-state index in [4.69, 9.17) is 5.21 Å². The molecule has 1 aliphatic rings. The standard InChI is InChI=1S/C23H29N5O2/c1-27(2)21-9-5-18(6-10-21)4-3-14-28-15-13-20(17-28)25-22-11-7-19(16-24-22)8-12-23(29)26-30/h3-12,16,20,30H,13-15,17H2,1-2H3,(H,24,25)(H,26,29)/t20-/m1/s1. The lowest BCUT2D eigenvalue weighted by molar-refractivity contribution is -0.124. The van der Waals surface area contributed by atoms with Gasteiger partial charge in [0.15, 0.2) is 0 Å². The van der Waals surface area contributed by atoms with Crippen molar-refractivity contribution < 1.29 is 10.0 Å². The number of nitrogens with one attached hydrogen (secondary N) is 2. The zero-order valence-corrected chi connectivity index (χ0v) is 17.5. The van der Waals surface area contributed by atoms with Gasteiger partial charge in [0.2, 0.25) is 0 Å². The van der Waals surface area contributed by atoms with Crippen molar-refractivity contribution in [1.82, 2.24) is 15.4 Å². The number of likely N-dealkylation sites (tertiary alicyclic amines) is 1. The van der Waals surface area contributed by atoms with Crippen molar-refractivity contribution in [2.24, 2.45) is 0 Å². The molecule has 0 bridgehead atoms. The number of carbonyl (C=O) groups is 1. The van der Waals surface area contributed by atoms with Gasteiger partial charge in [0.1, 0.15) is 5.82 Å². The van der Waals surface area contributed by atoms with Gasteiger partial charge in [-0.2, -0.15) is 0 Å². The summed E-state index contributed by atoms with van der Waals surface area (Å²) in [6.45, 7) is 2.96. The lowest BCUT2D eigenvalue weighted by Gasteiger charge is -2.15. The van der Waals surface area contributed by atoms with E-state index in [2.05, 4.69) is 56.5 Å². The van der Waals surface area contributed by atoms with Crippen molar-refractivity contribution in [3.63, 3.8) is 0 Å². The Labute approximate surface area is 177 Å². The smallest absolute Gasteiger partial charge is 0.267 e. The fraction of sp³-hybridized carbons (Fsp3) is 0.304. The predicted octanol–water partition coefficient (Wildman–Crippen LogP) is 2.87. The van der Waals surface area contributed by atoms with Gasteiger partial charge in [-0.3, -0.25) is 14.9 Å². The molecule has 30 heavy (non-hydrogen) atoms. The fourth-order valence-corrected chi connectivity index (χ4v) is 3.35. The molecule has 2 heterocycles. The van der Waals surface area contributed by atoms with Crippen LogP contribution in [0.1, 0.15) is 17.5 Å². The Morgan fingerprint density at radius 2 is 1.97 bits per heavy atom. The van der Waals surface area contributed by atoms with E-state index in [1.54, 1.807) is 17.8 Å². The molecule has 2 aromatic rings. The second kappa shape index (κ2) is 10.6. The van der Waals surface area contributed by atoms with E-state index in [9.17, 15) is 4.79 Å². The SMILES string of the molecule is CN(C)c1ccc(C=CCN2CC[C@@H](Nc3ccc(C=CC(=O)NO)cn3)C2)cc1. The van der Waals surface area contributed by atoms with Crippen LogP contribution in [-0.2, 0) is 4.79 Å². The Kier molecular flexibility index (Phi) is 7.59. The summed E-state index contributed by atoms with van der Waals surface area (Å²) >= 11 is 0. The number of benzene rings is 1. The Morgan fingerprint density at radius 3 is 2.63 bits per heavy atom. The van der Waals surface area contributed by atoms with Gasteiger partial charge in [-0.05, 0) is 47.9 Å². The molecule has 0 aliphatic carbocycles. The Balaban J connectivity index is 1.44. The van der Waals surface area contributed by atoms with Crippen LogP contribution in [0.5, 0.6) is 0 Å². The van der Waals surface area contributed by atoms with Gasteiger partial charge in [0, 0.05) is 57.7 Å². The third-order valence-corrected chi connectivity index (χ3v) is 5.03. The molecule has 0 saturated carbocycles. The molecular formula is C23H29N5O2. The lowest BCUT2D eigenvalue weighted by Crippen LogP contribution is -2.26. The molecule has 7 nitrogen and oxygen atoms in total. The van der Waals surface area contributed by atoms with Crippen LogP contribution in [0.4, 0.5) is 11.5 Å². The van der Waals surface area contributed by atoms with E-state index < -0.39 is 5.91 Å². The molecule has 7 heteroatoms. The number of amides is 1. The van der Waals surface area contributed by atoms with Crippen LogP contribution in [0, 0.1) is 0 Å².